The van der Waals surface area contributed by atoms with Gasteiger partial charge < -0.3 is 19.7 Å². The van der Waals surface area contributed by atoms with Gasteiger partial charge in [0, 0.05) is 19.2 Å². The molecule has 0 aromatic heterocycles. The van der Waals surface area contributed by atoms with Crippen molar-refractivity contribution < 1.29 is 27.5 Å². The molecule has 0 heterocycles. The maximum Gasteiger partial charge on any atom is 0.244 e. The normalized spacial score (nSPS) is 12.1. The lowest BCUT2D eigenvalue weighted by Crippen LogP contribution is -2.52. The molecule has 0 saturated carbocycles. The molecule has 0 aliphatic heterocycles. The van der Waals surface area contributed by atoms with Gasteiger partial charge in [0.25, 0.3) is 0 Å². The van der Waals surface area contributed by atoms with E-state index in [1.54, 1.807) is 43.5 Å². The van der Waals surface area contributed by atoms with Gasteiger partial charge in [-0.1, -0.05) is 39.0 Å². The summed E-state index contributed by atoms with van der Waals surface area (Å²) in [6.07, 6.45) is 1.41. The first-order valence-corrected chi connectivity index (χ1v) is 13.7. The lowest BCUT2D eigenvalue weighted by Gasteiger charge is -2.33. The van der Waals surface area contributed by atoms with Gasteiger partial charge in [-0.3, -0.25) is 13.9 Å². The Kier molecular flexibility index (Phi) is 10.6. The summed E-state index contributed by atoms with van der Waals surface area (Å²) in [7, 11) is -0.770. The molecule has 1 N–H and O–H groups in total. The quantitative estimate of drug-likeness (QED) is 0.436. The van der Waals surface area contributed by atoms with Gasteiger partial charge in [0.05, 0.1) is 26.2 Å². The minimum Gasteiger partial charge on any atom is -0.497 e. The van der Waals surface area contributed by atoms with Crippen LogP contribution in [0.2, 0.25) is 0 Å². The Labute approximate surface area is 214 Å². The minimum absolute atomic E-state index is 0.131. The van der Waals surface area contributed by atoms with Crippen molar-refractivity contribution in [2.45, 2.75) is 39.8 Å². The summed E-state index contributed by atoms with van der Waals surface area (Å²) in [5, 5.41) is 2.90. The van der Waals surface area contributed by atoms with Crippen molar-refractivity contribution in [2.75, 3.05) is 37.9 Å². The van der Waals surface area contributed by atoms with Crippen LogP contribution in [0.3, 0.4) is 0 Å². The molecule has 0 fully saturated rings. The Morgan fingerprint density at radius 3 is 2.17 bits per heavy atom. The number of nitrogens with zero attached hydrogens (tertiary/aromatic N) is 2. The summed E-state index contributed by atoms with van der Waals surface area (Å²) in [5.41, 5.74) is 1.08. The lowest BCUT2D eigenvalue weighted by atomic mass is 10.1. The molecule has 1 unspecified atom stereocenters. The Morgan fingerprint density at radius 1 is 1.00 bits per heavy atom. The van der Waals surface area contributed by atoms with Crippen molar-refractivity contribution in [3.63, 3.8) is 0 Å². The highest BCUT2D eigenvalue weighted by atomic mass is 32.2. The SMILES string of the molecule is CCC(C(=O)NCC(C)C)N(Cc1ccc(OC)cc1)C(=O)CN(c1cccc(OC)c1)S(C)(=O)=O. The van der Waals surface area contributed by atoms with Gasteiger partial charge in [0.1, 0.15) is 24.1 Å². The van der Waals surface area contributed by atoms with E-state index in [0.717, 1.165) is 16.1 Å². The van der Waals surface area contributed by atoms with Crippen LogP contribution in [0.15, 0.2) is 48.5 Å². The number of rotatable bonds is 13. The molecule has 1 atom stereocenters. The highest BCUT2D eigenvalue weighted by molar-refractivity contribution is 7.92. The van der Waals surface area contributed by atoms with E-state index < -0.39 is 28.5 Å². The van der Waals surface area contributed by atoms with Crippen LogP contribution in [0, 0.1) is 5.92 Å². The predicted molar refractivity (Wildman–Crippen MR) is 141 cm³/mol. The van der Waals surface area contributed by atoms with Gasteiger partial charge in [0.2, 0.25) is 21.8 Å². The highest BCUT2D eigenvalue weighted by Gasteiger charge is 2.31. The summed E-state index contributed by atoms with van der Waals surface area (Å²) in [6, 6.07) is 12.9. The number of carbonyl (C=O) groups excluding carboxylic acids is 2. The molecular formula is C26H37N3O6S. The molecule has 10 heteroatoms. The second-order valence-corrected chi connectivity index (χ2v) is 10.8. The number of anilines is 1. The highest BCUT2D eigenvalue weighted by Crippen LogP contribution is 2.24. The van der Waals surface area contributed by atoms with E-state index in [4.69, 9.17) is 9.47 Å². The third-order valence-electron chi connectivity index (χ3n) is 5.60. The van der Waals surface area contributed by atoms with Crippen LogP contribution in [0.4, 0.5) is 5.69 Å². The topological polar surface area (TPSA) is 105 Å². The largest absolute Gasteiger partial charge is 0.497 e. The van der Waals surface area contributed by atoms with Crippen LogP contribution in [0.25, 0.3) is 0 Å². The van der Waals surface area contributed by atoms with Gasteiger partial charge in [-0.25, -0.2) is 8.42 Å². The summed E-state index contributed by atoms with van der Waals surface area (Å²) in [6.45, 7) is 5.94. The van der Waals surface area contributed by atoms with Crippen molar-refractivity contribution in [1.82, 2.24) is 10.2 Å². The monoisotopic (exact) mass is 519 g/mol. The minimum atomic E-state index is -3.81. The Morgan fingerprint density at radius 2 is 1.64 bits per heavy atom. The van der Waals surface area contributed by atoms with Gasteiger partial charge >= 0.3 is 0 Å². The fraction of sp³-hybridized carbons (Fsp3) is 0.462. The zero-order valence-corrected chi connectivity index (χ0v) is 22.7. The zero-order valence-electron chi connectivity index (χ0n) is 21.9. The molecule has 0 saturated heterocycles. The second kappa shape index (κ2) is 13.2. The first-order valence-electron chi connectivity index (χ1n) is 11.8. The average Bonchev–Trinajstić information content (AvgIpc) is 2.85. The van der Waals surface area contributed by atoms with E-state index >= 15 is 0 Å². The second-order valence-electron chi connectivity index (χ2n) is 8.90. The first kappa shape index (κ1) is 29.0. The van der Waals surface area contributed by atoms with E-state index in [1.807, 2.05) is 32.9 Å². The molecule has 36 heavy (non-hydrogen) atoms. The van der Waals surface area contributed by atoms with Crippen LogP contribution in [0.5, 0.6) is 11.5 Å². The lowest BCUT2D eigenvalue weighted by molar-refractivity contribution is -0.140. The zero-order chi connectivity index (χ0) is 26.9. The molecule has 0 bridgehead atoms. The van der Waals surface area contributed by atoms with Gasteiger partial charge in [-0.15, -0.1) is 0 Å². The number of carbonyl (C=O) groups is 2. The molecule has 2 aromatic rings. The molecule has 2 aromatic carbocycles. The number of ether oxygens (including phenoxy) is 2. The summed E-state index contributed by atoms with van der Waals surface area (Å²) in [4.78, 5) is 28.2. The number of methoxy groups -OCH3 is 2. The summed E-state index contributed by atoms with van der Waals surface area (Å²) >= 11 is 0. The van der Waals surface area contributed by atoms with Crippen LogP contribution in [-0.2, 0) is 26.2 Å². The molecule has 0 aliphatic rings. The standard InChI is InChI=1S/C26H37N3O6S/c1-7-24(26(31)27-16-19(2)3)28(17-20-11-13-22(34-4)14-12-20)25(30)18-29(36(6,32)33)21-9-8-10-23(15-21)35-5/h8-15,19,24H,7,16-18H2,1-6H3,(H,27,31). The van der Waals surface area contributed by atoms with Gasteiger partial charge in [-0.2, -0.15) is 0 Å². The van der Waals surface area contributed by atoms with Crippen molar-refractivity contribution in [2.24, 2.45) is 5.92 Å². The Balaban J connectivity index is 2.43. The predicted octanol–water partition coefficient (Wildman–Crippen LogP) is 3.05. The number of nitrogens with one attached hydrogen (secondary N) is 1. The van der Waals surface area contributed by atoms with Crippen molar-refractivity contribution in [3.05, 3.63) is 54.1 Å². The molecule has 198 valence electrons. The van der Waals surface area contributed by atoms with Gasteiger partial charge in [0.15, 0.2) is 0 Å². The van der Waals surface area contributed by atoms with Crippen LogP contribution < -0.4 is 19.1 Å². The Bertz CT molecular complexity index is 1120. The first-order chi connectivity index (χ1) is 17.0. The number of amides is 2. The molecule has 0 spiro atoms. The smallest absolute Gasteiger partial charge is 0.244 e. The van der Waals surface area contributed by atoms with E-state index in [2.05, 4.69) is 5.32 Å². The van der Waals surface area contributed by atoms with E-state index in [9.17, 15) is 18.0 Å². The number of benzene rings is 2. The van der Waals surface area contributed by atoms with E-state index in [-0.39, 0.29) is 18.4 Å². The third kappa shape index (κ3) is 8.15. The van der Waals surface area contributed by atoms with Crippen molar-refractivity contribution >= 4 is 27.5 Å². The maximum absolute atomic E-state index is 13.7. The molecule has 9 nitrogen and oxygen atoms in total. The van der Waals surface area contributed by atoms with E-state index in [1.165, 1.54) is 12.0 Å². The fourth-order valence-corrected chi connectivity index (χ4v) is 4.49. The Hall–Kier alpha value is -3.27. The number of hydrogen-bond donors (Lipinski definition) is 1. The fourth-order valence-electron chi connectivity index (χ4n) is 3.65. The van der Waals surface area contributed by atoms with Gasteiger partial charge in [-0.05, 0) is 42.2 Å². The van der Waals surface area contributed by atoms with E-state index in [0.29, 0.717) is 30.2 Å². The van der Waals surface area contributed by atoms with Crippen molar-refractivity contribution in [1.29, 1.82) is 0 Å². The third-order valence-corrected chi connectivity index (χ3v) is 6.74. The maximum atomic E-state index is 13.7. The van der Waals surface area contributed by atoms with Crippen LogP contribution in [-0.4, -0.2) is 64.7 Å². The van der Waals surface area contributed by atoms with Crippen LogP contribution >= 0.6 is 0 Å². The summed E-state index contributed by atoms with van der Waals surface area (Å²) in [5.74, 6) is 0.597. The van der Waals surface area contributed by atoms with Crippen molar-refractivity contribution in [3.8, 4) is 11.5 Å². The molecule has 0 radical (unpaired) electrons. The average molecular weight is 520 g/mol. The summed E-state index contributed by atoms with van der Waals surface area (Å²) < 4.78 is 36.8. The number of sulfonamides is 1. The molecule has 0 aliphatic carbocycles. The molecule has 2 rings (SSSR count). The number of hydrogen-bond acceptors (Lipinski definition) is 6. The molecular weight excluding hydrogens is 482 g/mol. The molecule has 2 amide bonds. The van der Waals surface area contributed by atoms with Crippen LogP contribution in [0.1, 0.15) is 32.8 Å².